The van der Waals surface area contributed by atoms with Crippen molar-refractivity contribution in [1.82, 2.24) is 9.88 Å². The van der Waals surface area contributed by atoms with E-state index in [1.165, 1.54) is 0 Å². The number of nitrogens with zero attached hydrogens (tertiary/aromatic N) is 1. The number of benzene rings is 3. The summed E-state index contributed by atoms with van der Waals surface area (Å²) in [5.74, 6) is 2.32. The molecule has 1 aromatic heterocycles. The molecule has 1 amide bonds. The quantitative estimate of drug-likeness (QED) is 0.363. The van der Waals surface area contributed by atoms with Crippen LogP contribution in [0, 0.1) is 0 Å². The molecule has 8 nitrogen and oxygen atoms in total. The summed E-state index contributed by atoms with van der Waals surface area (Å²) in [6, 6.07) is 17.3. The van der Waals surface area contributed by atoms with Crippen molar-refractivity contribution >= 4 is 22.5 Å². The van der Waals surface area contributed by atoms with Crippen LogP contribution < -0.4 is 24.3 Å². The van der Waals surface area contributed by atoms with Crippen LogP contribution in [-0.4, -0.2) is 50.8 Å². The van der Waals surface area contributed by atoms with E-state index in [0.717, 1.165) is 33.5 Å². The van der Waals surface area contributed by atoms with Crippen LogP contribution in [0.25, 0.3) is 10.9 Å². The molecule has 0 bridgehead atoms. The first-order valence-electron chi connectivity index (χ1n) is 11.7. The lowest BCUT2D eigenvalue weighted by atomic mass is 10.0. The molecule has 3 aromatic carbocycles. The minimum absolute atomic E-state index is 0.0412. The summed E-state index contributed by atoms with van der Waals surface area (Å²) in [4.78, 5) is 18.9. The van der Waals surface area contributed by atoms with Crippen molar-refractivity contribution in [2.75, 3.05) is 40.3 Å². The molecule has 0 spiro atoms. The molecular formula is C28H29N3O5. The maximum atomic E-state index is 13.7. The average molecular weight is 488 g/mol. The molecule has 1 atom stereocenters. The van der Waals surface area contributed by atoms with Crippen LogP contribution in [0.2, 0.25) is 0 Å². The number of nitrogens with one attached hydrogen (secondary N) is 2. The van der Waals surface area contributed by atoms with Crippen LogP contribution in [-0.2, 0) is 6.42 Å². The van der Waals surface area contributed by atoms with E-state index in [-0.39, 0.29) is 5.91 Å². The molecule has 0 aliphatic carbocycles. The number of H-pyrrole nitrogens is 1. The van der Waals surface area contributed by atoms with Crippen LogP contribution in [0.5, 0.6) is 23.0 Å². The number of anilines is 1. The Kier molecular flexibility index (Phi) is 6.33. The van der Waals surface area contributed by atoms with Gasteiger partial charge in [0.15, 0.2) is 11.5 Å². The number of para-hydroxylation sites is 1. The van der Waals surface area contributed by atoms with E-state index >= 15 is 0 Å². The second-order valence-electron chi connectivity index (χ2n) is 8.53. The molecule has 1 aliphatic heterocycles. The molecule has 186 valence electrons. The maximum absolute atomic E-state index is 13.7. The Morgan fingerprint density at radius 3 is 2.33 bits per heavy atom. The largest absolute Gasteiger partial charge is 0.497 e. The van der Waals surface area contributed by atoms with Crippen molar-refractivity contribution in [2.24, 2.45) is 0 Å². The Labute approximate surface area is 209 Å². The fraction of sp³-hybridized carbons (Fsp3) is 0.250. The molecule has 0 saturated heterocycles. The number of amides is 1. The molecule has 0 saturated carbocycles. The summed E-state index contributed by atoms with van der Waals surface area (Å²) in [6.45, 7) is 0.492. The van der Waals surface area contributed by atoms with Gasteiger partial charge in [0.1, 0.15) is 11.9 Å². The highest BCUT2D eigenvalue weighted by atomic mass is 16.5. The number of ether oxygens (including phenoxy) is 4. The monoisotopic (exact) mass is 487 g/mol. The van der Waals surface area contributed by atoms with E-state index in [4.69, 9.17) is 18.9 Å². The maximum Gasteiger partial charge on any atom is 0.257 e. The molecule has 5 rings (SSSR count). The van der Waals surface area contributed by atoms with Crippen molar-refractivity contribution in [2.45, 2.75) is 12.6 Å². The second kappa shape index (κ2) is 9.73. The number of carbonyl (C=O) groups is 1. The summed E-state index contributed by atoms with van der Waals surface area (Å²) in [5, 5.41) is 4.62. The topological polar surface area (TPSA) is 85.1 Å². The number of rotatable bonds is 8. The minimum atomic E-state index is -0.430. The Balaban J connectivity index is 1.53. The zero-order chi connectivity index (χ0) is 25.2. The van der Waals surface area contributed by atoms with E-state index in [1.54, 1.807) is 28.4 Å². The zero-order valence-corrected chi connectivity index (χ0v) is 20.8. The van der Waals surface area contributed by atoms with Gasteiger partial charge in [0.25, 0.3) is 5.91 Å². The minimum Gasteiger partial charge on any atom is -0.497 e. The average Bonchev–Trinajstić information content (AvgIpc) is 3.33. The first-order chi connectivity index (χ1) is 17.6. The molecule has 4 aromatic rings. The van der Waals surface area contributed by atoms with Gasteiger partial charge in [-0.3, -0.25) is 4.79 Å². The normalized spacial score (nSPS) is 14.8. The van der Waals surface area contributed by atoms with Gasteiger partial charge in [-0.1, -0.05) is 12.1 Å². The lowest BCUT2D eigenvalue weighted by Gasteiger charge is -2.38. The Bertz CT molecular complexity index is 1390. The zero-order valence-electron chi connectivity index (χ0n) is 20.8. The molecule has 36 heavy (non-hydrogen) atoms. The van der Waals surface area contributed by atoms with Crippen LogP contribution in [0.1, 0.15) is 27.7 Å². The first-order valence-corrected chi connectivity index (χ1v) is 11.7. The molecule has 1 aliphatic rings. The number of methoxy groups -OCH3 is 4. The van der Waals surface area contributed by atoms with Crippen molar-refractivity contribution in [3.8, 4) is 23.0 Å². The van der Waals surface area contributed by atoms with Crippen LogP contribution in [0.4, 0.5) is 5.69 Å². The number of hydrogen-bond donors (Lipinski definition) is 2. The Hall–Kier alpha value is -4.33. The molecular weight excluding hydrogens is 458 g/mol. The highest BCUT2D eigenvalue weighted by molar-refractivity contribution is 6.01. The third-order valence-electron chi connectivity index (χ3n) is 6.62. The van der Waals surface area contributed by atoms with Gasteiger partial charge in [0.2, 0.25) is 5.75 Å². The summed E-state index contributed by atoms with van der Waals surface area (Å²) < 4.78 is 22.1. The van der Waals surface area contributed by atoms with Crippen molar-refractivity contribution in [3.63, 3.8) is 0 Å². The number of hydrogen-bond acceptors (Lipinski definition) is 6. The van der Waals surface area contributed by atoms with Gasteiger partial charge in [-0.2, -0.15) is 0 Å². The van der Waals surface area contributed by atoms with E-state index in [2.05, 4.69) is 10.3 Å². The van der Waals surface area contributed by atoms with Crippen molar-refractivity contribution in [1.29, 1.82) is 0 Å². The van der Waals surface area contributed by atoms with Gasteiger partial charge in [-0.25, -0.2) is 0 Å². The molecule has 2 heterocycles. The van der Waals surface area contributed by atoms with Crippen molar-refractivity contribution < 1.29 is 23.7 Å². The number of aromatic amines is 1. The molecule has 8 heteroatoms. The lowest BCUT2D eigenvalue weighted by molar-refractivity contribution is 0.0685. The van der Waals surface area contributed by atoms with E-state index < -0.39 is 6.17 Å². The Morgan fingerprint density at radius 2 is 1.64 bits per heavy atom. The van der Waals surface area contributed by atoms with E-state index in [0.29, 0.717) is 35.8 Å². The molecule has 0 fully saturated rings. The lowest BCUT2D eigenvalue weighted by Crippen LogP contribution is -2.44. The van der Waals surface area contributed by atoms with Gasteiger partial charge in [0.05, 0.1) is 34.0 Å². The number of aromatic nitrogens is 1. The van der Waals surface area contributed by atoms with E-state index in [9.17, 15) is 4.79 Å². The smallest absolute Gasteiger partial charge is 0.257 e. The molecule has 1 unspecified atom stereocenters. The number of carbonyl (C=O) groups excluding carboxylic acids is 1. The van der Waals surface area contributed by atoms with Gasteiger partial charge >= 0.3 is 0 Å². The van der Waals surface area contributed by atoms with Crippen LogP contribution in [0.3, 0.4) is 0 Å². The summed E-state index contributed by atoms with van der Waals surface area (Å²) in [6.07, 6.45) is 2.22. The highest BCUT2D eigenvalue weighted by Crippen LogP contribution is 2.42. The molecule has 0 radical (unpaired) electrons. The number of fused-ring (bicyclic) bond motifs is 2. The third-order valence-corrected chi connectivity index (χ3v) is 6.62. The fourth-order valence-electron chi connectivity index (χ4n) is 4.78. The summed E-state index contributed by atoms with van der Waals surface area (Å²) in [5.41, 5.74) is 4.39. The van der Waals surface area contributed by atoms with Crippen LogP contribution >= 0.6 is 0 Å². The highest BCUT2D eigenvalue weighted by Gasteiger charge is 2.34. The third kappa shape index (κ3) is 4.04. The standard InChI is InChI=1S/C28H29N3O5/c1-33-19-9-10-22-21(15-19)17(16-29-22)11-12-31-27(30-23-8-6-5-7-20(23)28(31)32)18-13-24(34-2)26(36-4)25(14-18)35-3/h5-10,13-16,27,29-30H,11-12H2,1-4H3. The van der Waals surface area contributed by atoms with Gasteiger partial charge in [0, 0.05) is 34.9 Å². The fourth-order valence-corrected chi connectivity index (χ4v) is 4.78. The second-order valence-corrected chi connectivity index (χ2v) is 8.53. The SMILES string of the molecule is COc1ccc2[nH]cc(CCN3C(=O)c4ccccc4NC3c3cc(OC)c(OC)c(OC)c3)c2c1. The van der Waals surface area contributed by atoms with Gasteiger partial charge in [-0.15, -0.1) is 0 Å². The summed E-state index contributed by atoms with van der Waals surface area (Å²) >= 11 is 0. The molecule has 2 N–H and O–H groups in total. The predicted octanol–water partition coefficient (Wildman–Crippen LogP) is 5.01. The predicted molar refractivity (Wildman–Crippen MR) is 138 cm³/mol. The van der Waals surface area contributed by atoms with E-state index in [1.807, 2.05) is 65.7 Å². The Morgan fingerprint density at radius 1 is 0.889 bits per heavy atom. The van der Waals surface area contributed by atoms with Crippen LogP contribution in [0.15, 0.2) is 60.8 Å². The summed E-state index contributed by atoms with van der Waals surface area (Å²) in [7, 11) is 6.39. The first kappa shape index (κ1) is 23.4. The van der Waals surface area contributed by atoms with Crippen molar-refractivity contribution in [3.05, 3.63) is 77.5 Å². The van der Waals surface area contributed by atoms with Gasteiger partial charge in [-0.05, 0) is 54.4 Å². The van der Waals surface area contributed by atoms with Gasteiger partial charge < -0.3 is 34.1 Å².